The van der Waals surface area contributed by atoms with E-state index in [1.165, 1.54) is 4.57 Å². The van der Waals surface area contributed by atoms with Gasteiger partial charge in [-0.15, -0.1) is 0 Å². The van der Waals surface area contributed by atoms with Crippen molar-refractivity contribution in [2.24, 2.45) is 22.5 Å². The third kappa shape index (κ3) is 4.74. The summed E-state index contributed by atoms with van der Waals surface area (Å²) >= 11 is 0. The average molecular weight is 412 g/mol. The lowest BCUT2D eigenvalue weighted by molar-refractivity contribution is -0.121. The highest BCUT2D eigenvalue weighted by molar-refractivity contribution is 6.01. The molecule has 0 aliphatic heterocycles. The molecule has 0 saturated heterocycles. The molecule has 0 unspecified atom stereocenters. The van der Waals surface area contributed by atoms with E-state index in [-0.39, 0.29) is 22.3 Å². The molecule has 0 spiro atoms. The summed E-state index contributed by atoms with van der Waals surface area (Å²) in [6, 6.07) is 6.25. The van der Waals surface area contributed by atoms with Crippen molar-refractivity contribution in [2.75, 3.05) is 5.32 Å². The molecule has 0 bridgehead atoms. The van der Waals surface area contributed by atoms with E-state index in [0.717, 1.165) is 19.3 Å². The summed E-state index contributed by atoms with van der Waals surface area (Å²) in [4.78, 5) is 37.1. The third-order valence-corrected chi connectivity index (χ3v) is 6.19. The number of hydrogen-bond acceptors (Lipinski definition) is 3. The molecule has 6 nitrogen and oxygen atoms in total. The molecular weight excluding hydrogens is 378 g/mol. The molecule has 1 saturated carbocycles. The van der Waals surface area contributed by atoms with Crippen molar-refractivity contribution in [3.63, 3.8) is 0 Å². The van der Waals surface area contributed by atoms with Gasteiger partial charge in [-0.1, -0.05) is 33.8 Å². The molecule has 1 aromatic heterocycles. The van der Waals surface area contributed by atoms with E-state index in [4.69, 9.17) is 5.73 Å². The number of nitrogens with one attached hydrogen (secondary N) is 1. The van der Waals surface area contributed by atoms with Crippen LogP contribution in [-0.2, 0) is 9.59 Å². The minimum atomic E-state index is -0.738. The van der Waals surface area contributed by atoms with Gasteiger partial charge < -0.3 is 15.6 Å². The van der Waals surface area contributed by atoms with Crippen LogP contribution in [0.25, 0.3) is 10.8 Å². The van der Waals surface area contributed by atoms with E-state index in [0.29, 0.717) is 28.8 Å². The second-order valence-corrected chi connectivity index (χ2v) is 10.4. The van der Waals surface area contributed by atoms with Gasteiger partial charge >= 0.3 is 0 Å². The fourth-order valence-electron chi connectivity index (χ4n) is 5.53. The first-order chi connectivity index (χ1) is 13.9. The fraction of sp³-hybridized carbons (Fsp3) is 0.542. The van der Waals surface area contributed by atoms with Gasteiger partial charge in [-0.05, 0) is 61.1 Å². The van der Waals surface area contributed by atoms with Crippen LogP contribution < -0.4 is 16.6 Å². The van der Waals surface area contributed by atoms with Crippen molar-refractivity contribution in [3.8, 4) is 0 Å². The number of amides is 2. The van der Waals surface area contributed by atoms with E-state index >= 15 is 0 Å². The van der Waals surface area contributed by atoms with E-state index in [9.17, 15) is 14.4 Å². The quantitative estimate of drug-likeness (QED) is 0.771. The Morgan fingerprint density at radius 3 is 2.37 bits per heavy atom. The topological polar surface area (TPSA) is 94.2 Å². The van der Waals surface area contributed by atoms with Crippen molar-refractivity contribution in [2.45, 2.75) is 66.3 Å². The Balaban J connectivity index is 1.82. The van der Waals surface area contributed by atoms with Gasteiger partial charge in [0.25, 0.3) is 5.56 Å². The molecule has 1 atom stereocenters. The van der Waals surface area contributed by atoms with Crippen molar-refractivity contribution >= 4 is 28.3 Å². The number of rotatable bonds is 5. The van der Waals surface area contributed by atoms with Crippen LogP contribution >= 0.6 is 0 Å². The predicted molar refractivity (Wildman–Crippen MR) is 120 cm³/mol. The van der Waals surface area contributed by atoms with Gasteiger partial charge in [0, 0.05) is 29.1 Å². The molecule has 0 radical (unpaired) electrons. The van der Waals surface area contributed by atoms with Crippen LogP contribution in [0.3, 0.4) is 0 Å². The minimum Gasteiger partial charge on any atom is -0.368 e. The second kappa shape index (κ2) is 7.89. The zero-order chi connectivity index (χ0) is 22.3. The Bertz CT molecular complexity index is 1020. The molecule has 1 aromatic carbocycles. The maximum Gasteiger partial charge on any atom is 0.259 e. The Morgan fingerprint density at radius 1 is 1.13 bits per heavy atom. The first kappa shape index (κ1) is 22.1. The highest BCUT2D eigenvalue weighted by Crippen LogP contribution is 2.49. The summed E-state index contributed by atoms with van der Waals surface area (Å²) in [6.45, 7) is 10.7. The fourth-order valence-corrected chi connectivity index (χ4v) is 5.53. The van der Waals surface area contributed by atoms with Crippen LogP contribution in [0.5, 0.6) is 0 Å². The number of nitrogens with zero attached hydrogens (tertiary/aromatic N) is 1. The highest BCUT2D eigenvalue weighted by atomic mass is 16.2. The highest BCUT2D eigenvalue weighted by Gasteiger charge is 2.38. The zero-order valence-electron chi connectivity index (χ0n) is 18.6. The standard InChI is InChI=1S/C24H33N3O3/c1-15(21(25)29)27-10-9-17-18(22(27)30)7-6-8-19(17)26-20(28)11-16-12-23(2,3)14-24(4,5)13-16/h6-10,15-16H,11-14H2,1-5H3,(H2,25,29)(H,26,28)/t15-/m1/s1. The Morgan fingerprint density at radius 2 is 1.77 bits per heavy atom. The van der Waals surface area contributed by atoms with Crippen molar-refractivity contribution in [3.05, 3.63) is 40.8 Å². The molecule has 1 heterocycles. The van der Waals surface area contributed by atoms with E-state index in [1.54, 1.807) is 37.4 Å². The van der Waals surface area contributed by atoms with Gasteiger partial charge in [-0.25, -0.2) is 0 Å². The number of primary amides is 1. The predicted octanol–water partition coefficient (Wildman–Crippen LogP) is 4.23. The number of carbonyl (C=O) groups is 2. The van der Waals surface area contributed by atoms with Crippen LogP contribution in [0.15, 0.2) is 35.3 Å². The number of pyridine rings is 1. The zero-order valence-corrected chi connectivity index (χ0v) is 18.6. The van der Waals surface area contributed by atoms with Gasteiger partial charge in [-0.3, -0.25) is 14.4 Å². The Labute approximate surface area is 177 Å². The minimum absolute atomic E-state index is 0.0318. The van der Waals surface area contributed by atoms with Gasteiger partial charge in [-0.2, -0.15) is 0 Å². The number of benzene rings is 1. The monoisotopic (exact) mass is 411 g/mol. The number of carbonyl (C=O) groups excluding carboxylic acids is 2. The molecule has 30 heavy (non-hydrogen) atoms. The number of hydrogen-bond donors (Lipinski definition) is 2. The van der Waals surface area contributed by atoms with E-state index in [1.807, 2.05) is 0 Å². The Hall–Kier alpha value is -2.63. The van der Waals surface area contributed by atoms with E-state index in [2.05, 4.69) is 33.0 Å². The van der Waals surface area contributed by atoms with Crippen molar-refractivity contribution in [1.82, 2.24) is 4.57 Å². The van der Waals surface area contributed by atoms with Crippen molar-refractivity contribution < 1.29 is 9.59 Å². The summed E-state index contributed by atoms with van der Waals surface area (Å²) in [6.07, 6.45) is 5.27. The molecule has 1 fully saturated rings. The molecule has 6 heteroatoms. The Kier molecular flexibility index (Phi) is 5.81. The largest absolute Gasteiger partial charge is 0.368 e. The summed E-state index contributed by atoms with van der Waals surface area (Å²) < 4.78 is 1.32. The molecule has 162 valence electrons. The number of aromatic nitrogens is 1. The first-order valence-electron chi connectivity index (χ1n) is 10.6. The molecule has 1 aliphatic carbocycles. The van der Waals surface area contributed by atoms with Gasteiger partial charge in [0.15, 0.2) is 0 Å². The molecule has 1 aliphatic rings. The summed E-state index contributed by atoms with van der Waals surface area (Å²) in [5.41, 5.74) is 6.12. The van der Waals surface area contributed by atoms with E-state index < -0.39 is 11.9 Å². The summed E-state index contributed by atoms with van der Waals surface area (Å²) in [7, 11) is 0. The normalized spacial score (nSPS) is 19.4. The van der Waals surface area contributed by atoms with Crippen molar-refractivity contribution in [1.29, 1.82) is 0 Å². The molecular formula is C24H33N3O3. The smallest absolute Gasteiger partial charge is 0.259 e. The number of nitrogens with two attached hydrogens (primary N) is 1. The van der Waals surface area contributed by atoms with Gasteiger partial charge in [0.2, 0.25) is 11.8 Å². The maximum absolute atomic E-state index is 12.8. The third-order valence-electron chi connectivity index (χ3n) is 6.19. The summed E-state index contributed by atoms with van der Waals surface area (Å²) in [5, 5.41) is 4.11. The lowest BCUT2D eigenvalue weighted by Gasteiger charge is -2.45. The van der Waals surface area contributed by atoms with Crippen LogP contribution in [0.2, 0.25) is 0 Å². The molecule has 2 amide bonds. The van der Waals surface area contributed by atoms with Gasteiger partial charge in [0.1, 0.15) is 6.04 Å². The lowest BCUT2D eigenvalue weighted by atomic mass is 9.61. The van der Waals surface area contributed by atoms with Crippen LogP contribution in [0.1, 0.15) is 66.3 Å². The van der Waals surface area contributed by atoms with Crippen LogP contribution in [-0.4, -0.2) is 16.4 Å². The lowest BCUT2D eigenvalue weighted by Crippen LogP contribution is -2.35. The maximum atomic E-state index is 12.8. The summed E-state index contributed by atoms with van der Waals surface area (Å²) in [5.74, 6) is -0.262. The number of fused-ring (bicyclic) bond motifs is 1. The van der Waals surface area contributed by atoms with Crippen LogP contribution in [0.4, 0.5) is 5.69 Å². The van der Waals surface area contributed by atoms with Crippen LogP contribution in [0, 0.1) is 16.7 Å². The van der Waals surface area contributed by atoms with Gasteiger partial charge in [0.05, 0.1) is 0 Å². The molecule has 3 rings (SSSR count). The molecule has 2 aromatic rings. The molecule has 3 N–H and O–H groups in total. The number of anilines is 1. The second-order valence-electron chi connectivity index (χ2n) is 10.4. The average Bonchev–Trinajstić information content (AvgIpc) is 2.59. The first-order valence-corrected chi connectivity index (χ1v) is 10.6. The SMILES string of the molecule is C[C@H](C(N)=O)n1ccc2c(NC(=O)CC3CC(C)(C)CC(C)(C)C3)cccc2c1=O.